The van der Waals surface area contributed by atoms with Crippen molar-refractivity contribution < 1.29 is 27.1 Å². The Bertz CT molecular complexity index is 712. The highest BCUT2D eigenvalue weighted by Gasteiger charge is 2.21. The maximum absolute atomic E-state index is 13.3. The van der Waals surface area contributed by atoms with Crippen LogP contribution in [0.4, 0.5) is 17.6 Å². The Morgan fingerprint density at radius 1 is 1.04 bits per heavy atom. The summed E-state index contributed by atoms with van der Waals surface area (Å²) >= 11 is 5.74. The van der Waals surface area contributed by atoms with E-state index < -0.39 is 41.5 Å². The molecule has 2 aromatic carbocycles. The lowest BCUT2D eigenvalue weighted by atomic mass is 10.1. The van der Waals surface area contributed by atoms with E-state index in [0.29, 0.717) is 11.4 Å². The molecule has 0 heterocycles. The number of benzene rings is 2. The van der Waals surface area contributed by atoms with Gasteiger partial charge in [-0.1, -0.05) is 23.7 Å². The van der Waals surface area contributed by atoms with E-state index in [9.17, 15) is 22.4 Å². The largest absolute Gasteiger partial charge is 0.477 e. The summed E-state index contributed by atoms with van der Waals surface area (Å²) < 4.78 is 57.2. The SMILES string of the molecule is O=C(COc1c(F)c(F)cc(F)c1F)NCCc1ccc(Cl)cc1. The fraction of sp³-hybridized carbons (Fsp3) is 0.188. The van der Waals surface area contributed by atoms with E-state index in [4.69, 9.17) is 11.6 Å². The van der Waals surface area contributed by atoms with Crippen LogP contribution in [0.1, 0.15) is 5.56 Å². The van der Waals surface area contributed by atoms with Crippen LogP contribution in [-0.2, 0) is 11.2 Å². The molecule has 128 valence electrons. The molecule has 0 aliphatic rings. The van der Waals surface area contributed by atoms with E-state index in [1.54, 1.807) is 24.3 Å². The predicted molar refractivity (Wildman–Crippen MR) is 79.9 cm³/mol. The van der Waals surface area contributed by atoms with Crippen LogP contribution in [0.5, 0.6) is 5.75 Å². The number of hydrogen-bond donors (Lipinski definition) is 1. The first-order valence-electron chi connectivity index (χ1n) is 6.85. The zero-order chi connectivity index (χ0) is 17.7. The van der Waals surface area contributed by atoms with Crippen LogP contribution in [0.15, 0.2) is 30.3 Å². The lowest BCUT2D eigenvalue weighted by Gasteiger charge is -2.10. The molecule has 2 rings (SSSR count). The number of hydrogen-bond acceptors (Lipinski definition) is 2. The molecule has 0 bridgehead atoms. The van der Waals surface area contributed by atoms with Crippen LogP contribution < -0.4 is 10.1 Å². The average Bonchev–Trinajstić information content (AvgIpc) is 2.55. The molecule has 0 fully saturated rings. The quantitative estimate of drug-likeness (QED) is 0.630. The number of nitrogens with one attached hydrogen (secondary N) is 1. The van der Waals surface area contributed by atoms with E-state index in [-0.39, 0.29) is 12.6 Å². The predicted octanol–water partition coefficient (Wildman–Crippen LogP) is 3.63. The summed E-state index contributed by atoms with van der Waals surface area (Å²) in [6.45, 7) is -0.538. The van der Waals surface area contributed by atoms with Crippen molar-refractivity contribution in [3.05, 3.63) is 64.2 Å². The first-order valence-corrected chi connectivity index (χ1v) is 7.23. The van der Waals surface area contributed by atoms with Gasteiger partial charge in [-0.3, -0.25) is 4.79 Å². The second-order valence-corrected chi connectivity index (χ2v) is 5.25. The van der Waals surface area contributed by atoms with Crippen molar-refractivity contribution in [2.45, 2.75) is 6.42 Å². The van der Waals surface area contributed by atoms with Crippen molar-refractivity contribution in [3.8, 4) is 5.75 Å². The van der Waals surface area contributed by atoms with Crippen LogP contribution in [0.3, 0.4) is 0 Å². The third kappa shape index (κ3) is 4.61. The summed E-state index contributed by atoms with van der Waals surface area (Å²) in [6.07, 6.45) is 0.500. The van der Waals surface area contributed by atoms with Gasteiger partial charge in [-0.05, 0) is 24.1 Å². The van der Waals surface area contributed by atoms with Crippen LogP contribution in [0.25, 0.3) is 0 Å². The highest BCUT2D eigenvalue weighted by atomic mass is 35.5. The van der Waals surface area contributed by atoms with E-state index >= 15 is 0 Å². The molecule has 1 amide bonds. The number of ether oxygens (including phenoxy) is 1. The van der Waals surface area contributed by atoms with Crippen molar-refractivity contribution in [2.75, 3.05) is 13.2 Å². The molecule has 1 N–H and O–H groups in total. The van der Waals surface area contributed by atoms with Gasteiger partial charge in [-0.2, -0.15) is 8.78 Å². The first kappa shape index (κ1) is 18.1. The number of carbonyl (C=O) groups excluding carboxylic acids is 1. The molecule has 0 spiro atoms. The van der Waals surface area contributed by atoms with Crippen molar-refractivity contribution >= 4 is 17.5 Å². The van der Waals surface area contributed by atoms with E-state index in [2.05, 4.69) is 10.1 Å². The summed E-state index contributed by atoms with van der Waals surface area (Å²) in [5, 5.41) is 3.04. The molecule has 24 heavy (non-hydrogen) atoms. The topological polar surface area (TPSA) is 38.3 Å². The van der Waals surface area contributed by atoms with Crippen molar-refractivity contribution in [3.63, 3.8) is 0 Å². The van der Waals surface area contributed by atoms with Crippen molar-refractivity contribution in [2.24, 2.45) is 0 Å². The van der Waals surface area contributed by atoms with Gasteiger partial charge in [0.2, 0.25) is 11.6 Å². The minimum atomic E-state index is -1.69. The summed E-state index contributed by atoms with van der Waals surface area (Å²) in [7, 11) is 0. The van der Waals surface area contributed by atoms with E-state index in [0.717, 1.165) is 5.56 Å². The number of amides is 1. The molecule has 0 unspecified atom stereocenters. The molecular weight excluding hydrogens is 350 g/mol. The lowest BCUT2D eigenvalue weighted by Crippen LogP contribution is -2.31. The molecular formula is C16H12ClF4NO2. The van der Waals surface area contributed by atoms with Gasteiger partial charge < -0.3 is 10.1 Å². The molecule has 0 aliphatic heterocycles. The van der Waals surface area contributed by atoms with Crippen molar-refractivity contribution in [1.82, 2.24) is 5.32 Å². The highest BCUT2D eigenvalue weighted by molar-refractivity contribution is 6.30. The monoisotopic (exact) mass is 361 g/mol. The van der Waals surface area contributed by atoms with Gasteiger partial charge >= 0.3 is 0 Å². The second kappa shape index (κ2) is 8.01. The number of halogens is 5. The number of carbonyl (C=O) groups is 1. The van der Waals surface area contributed by atoms with E-state index in [1.165, 1.54) is 0 Å². The Hall–Kier alpha value is -2.28. The lowest BCUT2D eigenvalue weighted by molar-refractivity contribution is -0.123. The second-order valence-electron chi connectivity index (χ2n) is 4.81. The molecule has 3 nitrogen and oxygen atoms in total. The van der Waals surface area contributed by atoms with Gasteiger partial charge in [0.05, 0.1) is 0 Å². The van der Waals surface area contributed by atoms with Crippen LogP contribution in [0, 0.1) is 23.3 Å². The fourth-order valence-corrected chi connectivity index (χ4v) is 1.99. The van der Waals surface area contributed by atoms with Crippen molar-refractivity contribution in [1.29, 1.82) is 0 Å². The maximum Gasteiger partial charge on any atom is 0.257 e. The molecule has 2 aromatic rings. The zero-order valence-electron chi connectivity index (χ0n) is 12.2. The third-order valence-electron chi connectivity index (χ3n) is 3.07. The van der Waals surface area contributed by atoms with Gasteiger partial charge in [0.15, 0.2) is 24.0 Å². The Morgan fingerprint density at radius 2 is 1.62 bits per heavy atom. The fourth-order valence-electron chi connectivity index (χ4n) is 1.86. The zero-order valence-corrected chi connectivity index (χ0v) is 13.0. The van der Waals surface area contributed by atoms with Gasteiger partial charge in [0.1, 0.15) is 0 Å². The molecule has 8 heteroatoms. The van der Waals surface area contributed by atoms with Gasteiger partial charge in [-0.15, -0.1) is 0 Å². The summed E-state index contributed by atoms with van der Waals surface area (Å²) in [5.74, 6) is -8.54. The molecule has 0 saturated carbocycles. The average molecular weight is 362 g/mol. The van der Waals surface area contributed by atoms with Crippen LogP contribution >= 0.6 is 11.6 Å². The first-order chi connectivity index (χ1) is 11.4. The Balaban J connectivity index is 1.84. The van der Waals surface area contributed by atoms with Gasteiger partial charge in [-0.25, -0.2) is 8.78 Å². The standard InChI is InChI=1S/C16H12ClF4NO2/c17-10-3-1-9(2-4-10)5-6-22-13(23)8-24-16-14(20)11(18)7-12(19)15(16)21/h1-4,7H,5-6,8H2,(H,22,23). The van der Waals surface area contributed by atoms with E-state index in [1.807, 2.05) is 0 Å². The molecule has 0 radical (unpaired) electrons. The summed E-state index contributed by atoms with van der Waals surface area (Å²) in [4.78, 5) is 11.6. The smallest absolute Gasteiger partial charge is 0.257 e. The molecule has 0 aromatic heterocycles. The third-order valence-corrected chi connectivity index (χ3v) is 3.32. The molecule has 0 atom stereocenters. The summed E-state index contributed by atoms with van der Waals surface area (Å²) in [6, 6.07) is 7.03. The normalized spacial score (nSPS) is 10.5. The molecule has 0 saturated heterocycles. The van der Waals surface area contributed by atoms with Gasteiger partial charge in [0.25, 0.3) is 5.91 Å². The Kier molecular flexibility index (Phi) is 6.03. The Morgan fingerprint density at radius 3 is 2.21 bits per heavy atom. The highest BCUT2D eigenvalue weighted by Crippen LogP contribution is 2.26. The van der Waals surface area contributed by atoms with Crippen LogP contribution in [-0.4, -0.2) is 19.1 Å². The Labute approximate surface area is 140 Å². The number of rotatable bonds is 6. The summed E-state index contributed by atoms with van der Waals surface area (Å²) in [5.41, 5.74) is 0.921. The maximum atomic E-state index is 13.3. The van der Waals surface area contributed by atoms with Crippen LogP contribution in [0.2, 0.25) is 5.02 Å². The molecule has 0 aliphatic carbocycles. The van der Waals surface area contributed by atoms with Gasteiger partial charge in [0, 0.05) is 17.6 Å². The minimum absolute atomic E-state index is 0.0592. The minimum Gasteiger partial charge on any atom is -0.477 e.